The Kier molecular flexibility index (Phi) is 5.12. The van der Waals surface area contributed by atoms with Gasteiger partial charge in [0.05, 0.1) is 0 Å². The second kappa shape index (κ2) is 5.57. The number of hydrogen-bond acceptors (Lipinski definition) is 2. The molecule has 1 aromatic rings. The Bertz CT molecular complexity index is 267. The maximum absolute atomic E-state index is 5.59. The Hall–Kier alpha value is -1.05. The van der Waals surface area contributed by atoms with Crippen LogP contribution in [0.25, 0.3) is 0 Å². The van der Waals surface area contributed by atoms with E-state index in [2.05, 4.69) is 18.8 Å². The van der Waals surface area contributed by atoms with Crippen LogP contribution in [0, 0.1) is 13.8 Å². The highest BCUT2D eigenvalue weighted by atomic mass is 14.8. The minimum atomic E-state index is 0.630. The van der Waals surface area contributed by atoms with Gasteiger partial charge in [-0.1, -0.05) is 20.8 Å². The van der Waals surface area contributed by atoms with Crippen LogP contribution in [0.3, 0.4) is 0 Å². The van der Waals surface area contributed by atoms with Crippen LogP contribution in [0.15, 0.2) is 6.07 Å². The van der Waals surface area contributed by atoms with E-state index in [0.717, 1.165) is 12.1 Å². The van der Waals surface area contributed by atoms with E-state index in [-0.39, 0.29) is 0 Å². The molecule has 2 nitrogen and oxygen atoms in total. The van der Waals surface area contributed by atoms with Gasteiger partial charge in [-0.05, 0) is 37.5 Å². The Morgan fingerprint density at radius 3 is 2.31 bits per heavy atom. The molecule has 0 aromatic carbocycles. The normalized spacial score (nSPS) is 9.00. The van der Waals surface area contributed by atoms with E-state index < -0.39 is 0 Å². The van der Waals surface area contributed by atoms with Gasteiger partial charge < -0.3 is 5.73 Å². The largest absolute Gasteiger partial charge is 0.384 e. The van der Waals surface area contributed by atoms with Crippen LogP contribution in [0.2, 0.25) is 0 Å². The number of nitrogens with two attached hydrogens (primary N) is 1. The molecule has 13 heavy (non-hydrogen) atoms. The van der Waals surface area contributed by atoms with Crippen molar-refractivity contribution in [3.05, 3.63) is 22.9 Å². The zero-order valence-corrected chi connectivity index (χ0v) is 9.31. The lowest BCUT2D eigenvalue weighted by Crippen LogP contribution is -1.98. The summed E-state index contributed by atoms with van der Waals surface area (Å²) in [6, 6.07) is 1.95. The van der Waals surface area contributed by atoms with Crippen LogP contribution in [0.5, 0.6) is 0 Å². The van der Waals surface area contributed by atoms with Crippen molar-refractivity contribution in [2.45, 2.75) is 41.0 Å². The van der Waals surface area contributed by atoms with Gasteiger partial charge in [0.15, 0.2) is 0 Å². The fourth-order valence-corrected chi connectivity index (χ4v) is 1.20. The molecule has 0 saturated heterocycles. The number of nitrogens with zero attached hydrogens (tertiary/aromatic N) is 1. The van der Waals surface area contributed by atoms with Crippen molar-refractivity contribution in [1.29, 1.82) is 0 Å². The molecule has 0 fully saturated rings. The number of hydrogen-bond donors (Lipinski definition) is 1. The van der Waals surface area contributed by atoms with Crippen LogP contribution in [0.4, 0.5) is 5.82 Å². The fraction of sp³-hybridized carbons (Fsp3) is 0.545. The molecular formula is C11H20N2. The maximum Gasteiger partial charge on any atom is 0.123 e. The molecule has 0 atom stereocenters. The number of aryl methyl sites for hydroxylation is 2. The van der Waals surface area contributed by atoms with Crippen molar-refractivity contribution >= 4 is 5.82 Å². The third-order valence-corrected chi connectivity index (χ3v) is 2.02. The molecule has 0 bridgehead atoms. The maximum atomic E-state index is 5.59. The topological polar surface area (TPSA) is 38.9 Å². The molecule has 2 N–H and O–H groups in total. The van der Waals surface area contributed by atoms with Gasteiger partial charge in [-0.15, -0.1) is 0 Å². The average Bonchev–Trinajstić information content (AvgIpc) is 2.14. The minimum absolute atomic E-state index is 0.630. The first-order valence-electron chi connectivity index (χ1n) is 4.87. The Balaban J connectivity index is 0.000000671. The Morgan fingerprint density at radius 2 is 1.85 bits per heavy atom. The molecule has 0 spiro atoms. The third kappa shape index (κ3) is 3.05. The lowest BCUT2D eigenvalue weighted by Gasteiger charge is -2.06. The van der Waals surface area contributed by atoms with Gasteiger partial charge in [-0.2, -0.15) is 0 Å². The summed E-state index contributed by atoms with van der Waals surface area (Å²) in [4.78, 5) is 4.16. The van der Waals surface area contributed by atoms with Crippen molar-refractivity contribution in [3.63, 3.8) is 0 Å². The van der Waals surface area contributed by atoms with E-state index in [4.69, 9.17) is 5.73 Å². The summed E-state index contributed by atoms with van der Waals surface area (Å²) < 4.78 is 0. The molecule has 0 radical (unpaired) electrons. The van der Waals surface area contributed by atoms with Crippen molar-refractivity contribution < 1.29 is 0 Å². The van der Waals surface area contributed by atoms with Gasteiger partial charge in [0.1, 0.15) is 5.82 Å². The van der Waals surface area contributed by atoms with Crippen molar-refractivity contribution in [2.75, 3.05) is 5.73 Å². The molecule has 0 saturated carbocycles. The number of rotatable bonds is 1. The second-order valence-corrected chi connectivity index (χ2v) is 2.77. The third-order valence-electron chi connectivity index (χ3n) is 2.02. The van der Waals surface area contributed by atoms with Crippen molar-refractivity contribution in [3.8, 4) is 0 Å². The molecule has 0 aliphatic carbocycles. The van der Waals surface area contributed by atoms with E-state index in [9.17, 15) is 0 Å². The van der Waals surface area contributed by atoms with Gasteiger partial charge >= 0.3 is 0 Å². The Morgan fingerprint density at radius 1 is 1.31 bits per heavy atom. The van der Waals surface area contributed by atoms with Gasteiger partial charge in [0.25, 0.3) is 0 Å². The predicted octanol–water partition coefficient (Wildman–Crippen LogP) is 2.87. The van der Waals surface area contributed by atoms with Crippen LogP contribution in [-0.4, -0.2) is 4.98 Å². The SMILES string of the molecule is CC.CCc1cc(N)nc(C)c1C. The molecule has 0 aliphatic heterocycles. The number of pyridine rings is 1. The van der Waals surface area contributed by atoms with E-state index in [1.165, 1.54) is 11.1 Å². The van der Waals surface area contributed by atoms with Crippen molar-refractivity contribution in [1.82, 2.24) is 4.98 Å². The zero-order chi connectivity index (χ0) is 10.4. The smallest absolute Gasteiger partial charge is 0.123 e. The summed E-state index contributed by atoms with van der Waals surface area (Å²) in [5.74, 6) is 0.630. The molecule has 1 heterocycles. The van der Waals surface area contributed by atoms with E-state index in [1.54, 1.807) is 0 Å². The molecule has 0 aliphatic rings. The first-order valence-corrected chi connectivity index (χ1v) is 4.87. The van der Waals surface area contributed by atoms with Crippen molar-refractivity contribution in [2.24, 2.45) is 0 Å². The van der Waals surface area contributed by atoms with Crippen LogP contribution >= 0.6 is 0 Å². The Labute approximate surface area is 81.2 Å². The standard InChI is InChI=1S/C9H14N2.C2H6/c1-4-8-5-9(10)11-7(3)6(8)2;1-2/h5H,4H2,1-3H3,(H2,10,11);1-2H3. The van der Waals surface area contributed by atoms with E-state index in [0.29, 0.717) is 5.82 Å². The minimum Gasteiger partial charge on any atom is -0.384 e. The molecule has 1 aromatic heterocycles. The highest BCUT2D eigenvalue weighted by molar-refractivity contribution is 5.40. The average molecular weight is 180 g/mol. The monoisotopic (exact) mass is 180 g/mol. The number of nitrogen functional groups attached to an aromatic ring is 1. The van der Waals surface area contributed by atoms with Crippen LogP contribution < -0.4 is 5.73 Å². The van der Waals surface area contributed by atoms with Gasteiger partial charge in [-0.3, -0.25) is 0 Å². The molecule has 2 heteroatoms. The number of anilines is 1. The highest BCUT2D eigenvalue weighted by Crippen LogP contribution is 2.14. The summed E-state index contributed by atoms with van der Waals surface area (Å²) in [6.45, 7) is 10.2. The quantitative estimate of drug-likeness (QED) is 0.721. The van der Waals surface area contributed by atoms with Crippen LogP contribution in [0.1, 0.15) is 37.6 Å². The summed E-state index contributed by atoms with van der Waals surface area (Å²) in [6.07, 6.45) is 1.03. The molecule has 0 amide bonds. The summed E-state index contributed by atoms with van der Waals surface area (Å²) in [5.41, 5.74) is 9.20. The summed E-state index contributed by atoms with van der Waals surface area (Å²) >= 11 is 0. The predicted molar refractivity (Wildman–Crippen MR) is 58.8 cm³/mol. The van der Waals surface area contributed by atoms with Crippen LogP contribution in [-0.2, 0) is 6.42 Å². The summed E-state index contributed by atoms with van der Waals surface area (Å²) in [7, 11) is 0. The molecule has 74 valence electrons. The highest BCUT2D eigenvalue weighted by Gasteiger charge is 2.01. The summed E-state index contributed by atoms with van der Waals surface area (Å²) in [5, 5.41) is 0. The molecular weight excluding hydrogens is 160 g/mol. The van der Waals surface area contributed by atoms with E-state index >= 15 is 0 Å². The molecule has 1 rings (SSSR count). The lowest BCUT2D eigenvalue weighted by molar-refractivity contribution is 1.05. The second-order valence-electron chi connectivity index (χ2n) is 2.77. The van der Waals surface area contributed by atoms with Gasteiger partial charge in [0.2, 0.25) is 0 Å². The number of aromatic nitrogens is 1. The van der Waals surface area contributed by atoms with Gasteiger partial charge in [-0.25, -0.2) is 4.98 Å². The first-order chi connectivity index (χ1) is 6.15. The molecule has 0 unspecified atom stereocenters. The first kappa shape index (κ1) is 11.9. The van der Waals surface area contributed by atoms with Gasteiger partial charge in [0, 0.05) is 5.69 Å². The van der Waals surface area contributed by atoms with E-state index in [1.807, 2.05) is 26.8 Å². The fourth-order valence-electron chi connectivity index (χ4n) is 1.20. The zero-order valence-electron chi connectivity index (χ0n) is 9.31. The lowest BCUT2D eigenvalue weighted by atomic mass is 10.1.